The van der Waals surface area contributed by atoms with E-state index in [1.54, 1.807) is 0 Å². The van der Waals surface area contributed by atoms with Crippen LogP contribution in [-0.2, 0) is 10.9 Å². The van der Waals surface area contributed by atoms with E-state index in [1.807, 2.05) is 0 Å². The van der Waals surface area contributed by atoms with Gasteiger partial charge in [0, 0.05) is 0 Å². The maximum atomic E-state index is 12.8. The van der Waals surface area contributed by atoms with Gasteiger partial charge in [-0.1, -0.05) is 0 Å². The second-order valence-electron chi connectivity index (χ2n) is 3.54. The quantitative estimate of drug-likeness (QED) is 0.685. The molecule has 1 aromatic rings. The molecule has 0 spiro atoms. The first kappa shape index (κ1) is 16.9. The van der Waals surface area contributed by atoms with Crippen LogP contribution in [0.15, 0.2) is 6.07 Å². The maximum absolute atomic E-state index is 12.8. The van der Waals surface area contributed by atoms with Crippen LogP contribution < -0.4 is 10.5 Å². The van der Waals surface area contributed by atoms with E-state index in [1.165, 1.54) is 6.92 Å². The van der Waals surface area contributed by atoms with E-state index in [9.17, 15) is 31.1 Å². The van der Waals surface area contributed by atoms with E-state index in [-0.39, 0.29) is 12.7 Å². The van der Waals surface area contributed by atoms with Gasteiger partial charge in [-0.15, -0.1) is 13.2 Å². The van der Waals surface area contributed by atoms with Crippen LogP contribution in [0.3, 0.4) is 0 Å². The van der Waals surface area contributed by atoms with Gasteiger partial charge in [0.2, 0.25) is 0 Å². The molecule has 0 fully saturated rings. The van der Waals surface area contributed by atoms with Gasteiger partial charge in [-0.2, -0.15) is 13.2 Å². The normalized spacial score (nSPS) is 12.1. The number of nitrogens with two attached hydrogens (primary N) is 1. The lowest BCUT2D eigenvalue weighted by molar-refractivity contribution is -0.276. The average Bonchev–Trinajstić information content (AvgIpc) is 2.28. The Morgan fingerprint density at radius 2 is 1.86 bits per heavy atom. The van der Waals surface area contributed by atoms with Gasteiger partial charge in [-0.05, 0) is 13.0 Å². The fourth-order valence-electron chi connectivity index (χ4n) is 1.32. The van der Waals surface area contributed by atoms with Gasteiger partial charge in [0.15, 0.2) is 11.4 Å². The van der Waals surface area contributed by atoms with E-state index in [0.717, 1.165) is 0 Å². The van der Waals surface area contributed by atoms with Gasteiger partial charge in [-0.25, -0.2) is 9.78 Å². The third-order valence-electron chi connectivity index (χ3n) is 1.98. The van der Waals surface area contributed by atoms with Gasteiger partial charge in [-0.3, -0.25) is 0 Å². The Morgan fingerprint density at radius 3 is 2.29 bits per heavy atom. The van der Waals surface area contributed by atoms with Crippen molar-refractivity contribution in [3.05, 3.63) is 17.3 Å². The molecule has 118 valence electrons. The number of anilines is 1. The van der Waals surface area contributed by atoms with Crippen molar-refractivity contribution in [2.45, 2.75) is 19.5 Å². The predicted octanol–water partition coefficient (Wildman–Crippen LogP) is 2.76. The first-order valence-electron chi connectivity index (χ1n) is 5.26. The lowest BCUT2D eigenvalue weighted by atomic mass is 10.1. The van der Waals surface area contributed by atoms with Gasteiger partial charge in [0.05, 0.1) is 6.61 Å². The molecule has 0 aromatic carbocycles. The molecule has 1 aromatic heterocycles. The van der Waals surface area contributed by atoms with Gasteiger partial charge in [0.1, 0.15) is 11.4 Å². The Balaban J connectivity index is 3.54. The Labute approximate surface area is 113 Å². The highest BCUT2D eigenvalue weighted by molar-refractivity contribution is 5.91. The number of halogens is 6. The Morgan fingerprint density at radius 1 is 1.29 bits per heavy atom. The summed E-state index contributed by atoms with van der Waals surface area (Å²) in [5.74, 6) is -4.13. The Kier molecular flexibility index (Phi) is 4.54. The van der Waals surface area contributed by atoms with Crippen LogP contribution in [0.25, 0.3) is 0 Å². The SMILES string of the molecule is CCOC(=O)c1nc(N)cc(C(F)(F)F)c1OC(F)(F)F. The standard InChI is InChI=1S/C10H8F6N2O3/c1-2-20-8(19)6-7(21-10(14,15)16)4(9(11,12)13)3-5(17)18-6/h3H,2H2,1H3,(H2,17,18). The van der Waals surface area contributed by atoms with Crippen LogP contribution in [-0.4, -0.2) is 23.9 Å². The fourth-order valence-corrected chi connectivity index (χ4v) is 1.32. The van der Waals surface area contributed by atoms with Crippen molar-refractivity contribution >= 4 is 11.8 Å². The average molecular weight is 318 g/mol. The molecule has 21 heavy (non-hydrogen) atoms. The van der Waals surface area contributed by atoms with Gasteiger partial charge in [0.25, 0.3) is 0 Å². The molecule has 0 amide bonds. The first-order chi connectivity index (χ1) is 9.45. The Hall–Kier alpha value is -2.20. The number of carbonyl (C=O) groups excluding carboxylic acids is 1. The number of nitrogen functional groups attached to an aromatic ring is 1. The summed E-state index contributed by atoms with van der Waals surface area (Å²) in [6.07, 6.45) is -10.7. The van der Waals surface area contributed by atoms with E-state index in [0.29, 0.717) is 0 Å². The van der Waals surface area contributed by atoms with E-state index in [4.69, 9.17) is 5.73 Å². The van der Waals surface area contributed by atoms with Crippen LogP contribution in [0.2, 0.25) is 0 Å². The van der Waals surface area contributed by atoms with Crippen LogP contribution in [0.1, 0.15) is 23.0 Å². The third-order valence-corrected chi connectivity index (χ3v) is 1.98. The molecule has 0 saturated carbocycles. The van der Waals surface area contributed by atoms with E-state index < -0.39 is 41.3 Å². The highest BCUT2D eigenvalue weighted by Gasteiger charge is 2.43. The van der Waals surface area contributed by atoms with Crippen LogP contribution in [0.5, 0.6) is 5.75 Å². The van der Waals surface area contributed by atoms with Gasteiger partial charge < -0.3 is 15.2 Å². The second kappa shape index (κ2) is 5.66. The highest BCUT2D eigenvalue weighted by atomic mass is 19.4. The number of hydrogen-bond acceptors (Lipinski definition) is 5. The maximum Gasteiger partial charge on any atom is 0.573 e. The van der Waals surface area contributed by atoms with Crippen molar-refractivity contribution in [3.63, 3.8) is 0 Å². The minimum atomic E-state index is -5.46. The molecule has 0 atom stereocenters. The van der Waals surface area contributed by atoms with Crippen LogP contribution >= 0.6 is 0 Å². The van der Waals surface area contributed by atoms with Crippen molar-refractivity contribution in [1.29, 1.82) is 0 Å². The molecular formula is C10H8F6N2O3. The number of aromatic nitrogens is 1. The zero-order valence-electron chi connectivity index (χ0n) is 10.3. The summed E-state index contributed by atoms with van der Waals surface area (Å²) in [4.78, 5) is 14.6. The topological polar surface area (TPSA) is 74.4 Å². The number of nitrogens with zero attached hydrogens (tertiary/aromatic N) is 1. The molecule has 0 bridgehead atoms. The van der Waals surface area contributed by atoms with Crippen LogP contribution in [0.4, 0.5) is 32.2 Å². The smallest absolute Gasteiger partial charge is 0.461 e. The monoisotopic (exact) mass is 318 g/mol. The summed E-state index contributed by atoms with van der Waals surface area (Å²) in [6, 6.07) is 0.129. The molecule has 5 nitrogen and oxygen atoms in total. The summed E-state index contributed by atoms with van der Waals surface area (Å²) >= 11 is 0. The minimum Gasteiger partial charge on any atom is -0.461 e. The molecule has 0 saturated heterocycles. The van der Waals surface area contributed by atoms with Crippen molar-refractivity contribution in [1.82, 2.24) is 4.98 Å². The molecule has 2 N–H and O–H groups in total. The predicted molar refractivity (Wildman–Crippen MR) is 56.3 cm³/mol. The molecule has 0 unspecified atom stereocenters. The second-order valence-corrected chi connectivity index (χ2v) is 3.54. The number of ether oxygens (including phenoxy) is 2. The van der Waals surface area contributed by atoms with Crippen LogP contribution in [0, 0.1) is 0 Å². The number of rotatable bonds is 3. The summed E-state index contributed by atoms with van der Waals surface area (Å²) in [5.41, 5.74) is 1.88. The number of hydrogen-bond donors (Lipinski definition) is 1. The number of alkyl halides is 6. The fraction of sp³-hybridized carbons (Fsp3) is 0.400. The molecule has 1 heterocycles. The lowest BCUT2D eigenvalue weighted by Gasteiger charge is -2.17. The molecule has 0 aliphatic carbocycles. The lowest BCUT2D eigenvalue weighted by Crippen LogP contribution is -2.24. The summed E-state index contributed by atoms with van der Waals surface area (Å²) in [6.45, 7) is 1.02. The van der Waals surface area contributed by atoms with E-state index >= 15 is 0 Å². The minimum absolute atomic E-state index is 0.129. The summed E-state index contributed by atoms with van der Waals surface area (Å²) in [7, 11) is 0. The van der Waals surface area contributed by atoms with E-state index in [2.05, 4.69) is 14.5 Å². The molecule has 1 rings (SSSR count). The summed E-state index contributed by atoms with van der Waals surface area (Å²) < 4.78 is 82.6. The summed E-state index contributed by atoms with van der Waals surface area (Å²) in [5, 5.41) is 0. The zero-order valence-corrected chi connectivity index (χ0v) is 10.3. The number of pyridine rings is 1. The number of carbonyl (C=O) groups is 1. The third kappa shape index (κ3) is 4.39. The molecular weight excluding hydrogens is 310 g/mol. The molecule has 0 aliphatic heterocycles. The van der Waals surface area contributed by atoms with Crippen molar-refractivity contribution < 1.29 is 40.6 Å². The zero-order chi connectivity index (χ0) is 16.4. The molecule has 0 aliphatic rings. The van der Waals surface area contributed by atoms with Crippen molar-refractivity contribution in [2.75, 3.05) is 12.3 Å². The number of esters is 1. The van der Waals surface area contributed by atoms with Crippen molar-refractivity contribution in [3.8, 4) is 5.75 Å². The highest BCUT2D eigenvalue weighted by Crippen LogP contribution is 2.41. The molecule has 11 heteroatoms. The van der Waals surface area contributed by atoms with Gasteiger partial charge >= 0.3 is 18.5 Å². The molecule has 0 radical (unpaired) electrons. The first-order valence-corrected chi connectivity index (χ1v) is 5.26. The Bertz CT molecular complexity index is 541. The largest absolute Gasteiger partial charge is 0.573 e. The van der Waals surface area contributed by atoms with Crippen molar-refractivity contribution in [2.24, 2.45) is 0 Å².